The maximum atomic E-state index is 13.5. The first-order valence-electron chi connectivity index (χ1n) is 11.6. The molecule has 0 aliphatic carbocycles. The minimum atomic E-state index is -0.785. The molecule has 0 aliphatic rings. The van der Waals surface area contributed by atoms with Crippen molar-refractivity contribution in [2.24, 2.45) is 7.05 Å². The first-order chi connectivity index (χ1) is 16.2. The Bertz CT molecular complexity index is 1150. The lowest BCUT2D eigenvalue weighted by Gasteiger charge is -2.32. The number of aryl methyl sites for hydroxylation is 2. The van der Waals surface area contributed by atoms with E-state index >= 15 is 0 Å². The molecule has 3 rings (SSSR count). The number of benzene rings is 2. The van der Waals surface area contributed by atoms with Gasteiger partial charge >= 0.3 is 0 Å². The molecule has 5 nitrogen and oxygen atoms in total. The monoisotopic (exact) mass is 455 g/mol. The van der Waals surface area contributed by atoms with Crippen LogP contribution in [0.2, 0.25) is 0 Å². The summed E-state index contributed by atoms with van der Waals surface area (Å²) in [6, 6.07) is 22.5. The van der Waals surface area contributed by atoms with Gasteiger partial charge in [0.25, 0.3) is 0 Å². The van der Waals surface area contributed by atoms with E-state index in [0.29, 0.717) is 12.8 Å². The molecule has 3 aromatic rings. The molecule has 0 saturated carbocycles. The molecule has 1 unspecified atom stereocenters. The highest BCUT2D eigenvalue weighted by Crippen LogP contribution is 2.24. The molecule has 1 atom stereocenters. The zero-order valence-electron chi connectivity index (χ0n) is 20.4. The molecule has 0 aliphatic heterocycles. The van der Waals surface area contributed by atoms with Gasteiger partial charge in [-0.15, -0.1) is 0 Å². The fourth-order valence-electron chi connectivity index (χ4n) is 3.74. The van der Waals surface area contributed by atoms with Gasteiger partial charge < -0.3 is 14.8 Å². The van der Waals surface area contributed by atoms with Gasteiger partial charge in [-0.1, -0.05) is 60.4 Å². The molecule has 0 saturated heterocycles. The van der Waals surface area contributed by atoms with E-state index in [1.807, 2.05) is 111 Å². The van der Waals surface area contributed by atoms with Crippen LogP contribution in [0.1, 0.15) is 50.1 Å². The lowest BCUT2D eigenvalue weighted by molar-refractivity contribution is -0.141. The number of hydrogen-bond acceptors (Lipinski definition) is 2. The van der Waals surface area contributed by atoms with Crippen LogP contribution in [0, 0.1) is 11.8 Å². The number of nitrogens with zero attached hydrogens (tertiary/aromatic N) is 2. The van der Waals surface area contributed by atoms with Gasteiger partial charge in [0.2, 0.25) is 11.8 Å². The molecule has 1 aromatic heterocycles. The first kappa shape index (κ1) is 24.9. The molecule has 0 fully saturated rings. The molecule has 2 aromatic carbocycles. The Kier molecular flexibility index (Phi) is 8.32. The lowest BCUT2D eigenvalue weighted by atomic mass is 10.0. The van der Waals surface area contributed by atoms with E-state index in [0.717, 1.165) is 16.8 Å². The van der Waals surface area contributed by atoms with Crippen LogP contribution in [0.4, 0.5) is 0 Å². The molecule has 176 valence electrons. The highest BCUT2D eigenvalue weighted by molar-refractivity contribution is 5.89. The number of hydrogen-bond donors (Lipinski definition) is 1. The fraction of sp³-hybridized carbons (Fsp3) is 0.310. The van der Waals surface area contributed by atoms with E-state index in [1.165, 1.54) is 0 Å². The highest BCUT2D eigenvalue weighted by Gasteiger charge is 2.34. The third-order valence-corrected chi connectivity index (χ3v) is 5.37. The van der Waals surface area contributed by atoms with Gasteiger partial charge in [-0.05, 0) is 57.0 Å². The van der Waals surface area contributed by atoms with Gasteiger partial charge in [0.05, 0.1) is 6.54 Å². The maximum Gasteiger partial charge on any atom is 0.249 e. The summed E-state index contributed by atoms with van der Waals surface area (Å²) < 4.78 is 1.88. The van der Waals surface area contributed by atoms with Gasteiger partial charge in [-0.25, -0.2) is 0 Å². The van der Waals surface area contributed by atoms with Crippen molar-refractivity contribution < 1.29 is 9.59 Å². The van der Waals surface area contributed by atoms with Crippen molar-refractivity contribution in [1.82, 2.24) is 14.8 Å². The van der Waals surface area contributed by atoms with Gasteiger partial charge in [0, 0.05) is 36.5 Å². The predicted molar refractivity (Wildman–Crippen MR) is 136 cm³/mol. The lowest BCUT2D eigenvalue weighted by Crippen LogP contribution is -2.50. The molecule has 34 heavy (non-hydrogen) atoms. The summed E-state index contributed by atoms with van der Waals surface area (Å²) in [6.45, 7) is 5.95. The number of carbonyl (C=O) groups excluding carboxylic acids is 2. The highest BCUT2D eigenvalue weighted by atomic mass is 16.2. The summed E-state index contributed by atoms with van der Waals surface area (Å²) in [6.07, 6.45) is 2.78. The summed E-state index contributed by atoms with van der Waals surface area (Å²) in [5.41, 5.74) is 2.26. The largest absolute Gasteiger partial charge is 0.352 e. The number of nitrogens with one attached hydrogen (secondary N) is 1. The molecule has 5 heteroatoms. The molecule has 1 N–H and O–H groups in total. The Labute approximate surface area is 202 Å². The summed E-state index contributed by atoms with van der Waals surface area (Å²) in [7, 11) is 1.88. The first-order valence-corrected chi connectivity index (χ1v) is 11.6. The number of aromatic nitrogens is 1. The van der Waals surface area contributed by atoms with Crippen LogP contribution < -0.4 is 5.32 Å². The van der Waals surface area contributed by atoms with E-state index in [9.17, 15) is 9.59 Å². The Balaban J connectivity index is 1.93. The molecular weight excluding hydrogens is 422 g/mol. The second-order valence-corrected chi connectivity index (χ2v) is 9.36. The van der Waals surface area contributed by atoms with E-state index in [4.69, 9.17) is 0 Å². The predicted octanol–water partition coefficient (Wildman–Crippen LogP) is 4.49. The van der Waals surface area contributed by atoms with Gasteiger partial charge in [0.1, 0.15) is 0 Å². The topological polar surface area (TPSA) is 54.3 Å². The smallest absolute Gasteiger partial charge is 0.249 e. The van der Waals surface area contributed by atoms with Gasteiger partial charge in [0.15, 0.2) is 6.04 Å². The van der Waals surface area contributed by atoms with Crippen molar-refractivity contribution in [3.05, 3.63) is 95.8 Å². The van der Waals surface area contributed by atoms with Gasteiger partial charge in [-0.3, -0.25) is 9.59 Å². The quantitative estimate of drug-likeness (QED) is 0.534. The van der Waals surface area contributed by atoms with Crippen LogP contribution >= 0.6 is 0 Å². The second-order valence-electron chi connectivity index (χ2n) is 9.36. The molecule has 1 heterocycles. The molecule has 0 radical (unpaired) electrons. The molecular formula is C29H33N3O2. The van der Waals surface area contributed by atoms with Gasteiger partial charge in [-0.2, -0.15) is 0 Å². The summed E-state index contributed by atoms with van der Waals surface area (Å²) in [5.74, 6) is 5.92. The van der Waals surface area contributed by atoms with Crippen LogP contribution in [0.25, 0.3) is 0 Å². The second kappa shape index (κ2) is 11.4. The number of rotatable bonds is 7. The standard InChI is InChI=1S/C29H33N3O2/c1-29(2,3)30-28(34)27(25-18-12-21-31(25)4)32(22-11-17-23-13-7-5-8-14-23)26(33)20-19-24-15-9-6-10-16-24/h5-10,12-16,18,21,27H,19-20,22H2,1-4H3,(H,30,34). The van der Waals surface area contributed by atoms with Crippen molar-refractivity contribution in [3.8, 4) is 11.8 Å². The minimum Gasteiger partial charge on any atom is -0.352 e. The Morgan fingerprint density at radius 1 is 0.971 bits per heavy atom. The summed E-state index contributed by atoms with van der Waals surface area (Å²) in [4.78, 5) is 28.6. The Hall–Kier alpha value is -3.78. The number of carbonyl (C=O) groups is 2. The Morgan fingerprint density at radius 2 is 1.62 bits per heavy atom. The van der Waals surface area contributed by atoms with E-state index < -0.39 is 11.6 Å². The van der Waals surface area contributed by atoms with Crippen molar-refractivity contribution in [2.45, 2.75) is 45.2 Å². The van der Waals surface area contributed by atoms with Crippen LogP contribution in [-0.2, 0) is 23.1 Å². The Morgan fingerprint density at radius 3 is 2.21 bits per heavy atom. The zero-order valence-corrected chi connectivity index (χ0v) is 20.4. The van der Waals surface area contributed by atoms with Crippen LogP contribution in [-0.4, -0.2) is 33.4 Å². The van der Waals surface area contributed by atoms with Crippen LogP contribution in [0.3, 0.4) is 0 Å². The minimum absolute atomic E-state index is 0.110. The van der Waals surface area contributed by atoms with E-state index in [1.54, 1.807) is 4.90 Å². The molecule has 0 spiro atoms. The average molecular weight is 456 g/mol. The average Bonchev–Trinajstić information content (AvgIpc) is 3.22. The molecule has 2 amide bonds. The van der Waals surface area contributed by atoms with Crippen LogP contribution in [0.5, 0.6) is 0 Å². The maximum absolute atomic E-state index is 13.5. The molecule has 0 bridgehead atoms. The van der Waals surface area contributed by atoms with Crippen LogP contribution in [0.15, 0.2) is 79.0 Å². The van der Waals surface area contributed by atoms with Crippen molar-refractivity contribution >= 4 is 11.8 Å². The third kappa shape index (κ3) is 7.11. The normalized spacial score (nSPS) is 11.8. The summed E-state index contributed by atoms with van der Waals surface area (Å²) >= 11 is 0. The van der Waals surface area contributed by atoms with Crippen molar-refractivity contribution in [1.29, 1.82) is 0 Å². The SMILES string of the molecule is Cn1cccc1C(C(=O)NC(C)(C)C)N(CC#Cc1ccccc1)C(=O)CCc1ccccc1. The fourth-order valence-corrected chi connectivity index (χ4v) is 3.74. The third-order valence-electron chi connectivity index (χ3n) is 5.37. The van der Waals surface area contributed by atoms with E-state index in [2.05, 4.69) is 17.2 Å². The van der Waals surface area contributed by atoms with Crippen molar-refractivity contribution in [2.75, 3.05) is 6.54 Å². The summed E-state index contributed by atoms with van der Waals surface area (Å²) in [5, 5.41) is 3.06. The zero-order chi connectivity index (χ0) is 24.6. The number of amides is 2. The van der Waals surface area contributed by atoms with Crippen molar-refractivity contribution in [3.63, 3.8) is 0 Å². The van der Waals surface area contributed by atoms with E-state index in [-0.39, 0.29) is 18.4 Å².